The average Bonchev–Trinajstić information content (AvgIpc) is 3.11. The summed E-state index contributed by atoms with van der Waals surface area (Å²) in [6, 6.07) is 0.188. The number of allylic oxidation sites excluding steroid dienone is 4. The third-order valence-electron chi connectivity index (χ3n) is 6.19. The van der Waals surface area contributed by atoms with E-state index in [1.54, 1.807) is 0 Å². The van der Waals surface area contributed by atoms with E-state index in [1.807, 2.05) is 20.0 Å². The highest BCUT2D eigenvalue weighted by atomic mass is 16.5. The van der Waals surface area contributed by atoms with Gasteiger partial charge in [-0.3, -0.25) is 0 Å². The fourth-order valence-corrected chi connectivity index (χ4v) is 4.49. The van der Waals surface area contributed by atoms with Gasteiger partial charge in [-0.1, -0.05) is 18.2 Å². The standard InChI is InChI=1S/C23H32N2O2/c1-23(2,26)17-9-10-22-20(15-17)18(8-6-14-25-12-3-4-13-25)19-7-5-11-24-21(19)16-27-22/h5,7-11,17,21,24,26H,3-4,6,12-16H2,1-2H3/b18-8+. The zero-order valence-electron chi connectivity index (χ0n) is 16.6. The molecule has 0 saturated carbocycles. The van der Waals surface area contributed by atoms with Gasteiger partial charge in [0.1, 0.15) is 12.4 Å². The summed E-state index contributed by atoms with van der Waals surface area (Å²) in [4.78, 5) is 2.56. The van der Waals surface area contributed by atoms with Crippen LogP contribution in [-0.4, -0.2) is 47.9 Å². The van der Waals surface area contributed by atoms with Crippen LogP contribution in [0.1, 0.15) is 39.5 Å². The lowest BCUT2D eigenvalue weighted by molar-refractivity contribution is 0.0358. The Hall–Kier alpha value is -1.78. The summed E-state index contributed by atoms with van der Waals surface area (Å²) in [6.45, 7) is 8.03. The van der Waals surface area contributed by atoms with Gasteiger partial charge in [-0.2, -0.15) is 0 Å². The maximum Gasteiger partial charge on any atom is 0.122 e. The first-order chi connectivity index (χ1) is 13.0. The normalized spacial score (nSPS) is 29.7. The van der Waals surface area contributed by atoms with Crippen LogP contribution < -0.4 is 5.32 Å². The molecular formula is C23H32N2O2. The van der Waals surface area contributed by atoms with E-state index in [-0.39, 0.29) is 12.0 Å². The molecule has 27 heavy (non-hydrogen) atoms. The summed E-state index contributed by atoms with van der Waals surface area (Å²) in [5, 5.41) is 14.0. The van der Waals surface area contributed by atoms with Crippen LogP contribution in [0.4, 0.5) is 0 Å². The fourth-order valence-electron chi connectivity index (χ4n) is 4.49. The van der Waals surface area contributed by atoms with E-state index in [1.165, 1.54) is 42.7 Å². The molecule has 4 heteroatoms. The first-order valence-electron chi connectivity index (χ1n) is 10.3. The van der Waals surface area contributed by atoms with Crippen molar-refractivity contribution in [2.24, 2.45) is 5.92 Å². The van der Waals surface area contributed by atoms with Crippen molar-refractivity contribution in [3.63, 3.8) is 0 Å². The molecule has 0 aromatic heterocycles. The molecule has 0 amide bonds. The lowest BCUT2D eigenvalue weighted by Crippen LogP contribution is -2.33. The van der Waals surface area contributed by atoms with E-state index < -0.39 is 5.60 Å². The first kappa shape index (κ1) is 18.6. The van der Waals surface area contributed by atoms with Gasteiger partial charge in [0.05, 0.1) is 11.6 Å². The van der Waals surface area contributed by atoms with Crippen molar-refractivity contribution >= 4 is 0 Å². The van der Waals surface area contributed by atoms with Crippen molar-refractivity contribution in [3.05, 3.63) is 59.1 Å². The fraction of sp³-hybridized carbons (Fsp3) is 0.565. The molecule has 2 N–H and O–H groups in total. The van der Waals surface area contributed by atoms with Gasteiger partial charge in [0.2, 0.25) is 0 Å². The number of rotatable bonds is 4. The highest BCUT2D eigenvalue weighted by Gasteiger charge is 2.34. The number of likely N-dealkylation sites (tertiary alicyclic amines) is 1. The number of dihydropyridines is 1. The average molecular weight is 369 g/mol. The molecular weight excluding hydrogens is 336 g/mol. The van der Waals surface area contributed by atoms with Gasteiger partial charge in [0, 0.05) is 18.0 Å². The van der Waals surface area contributed by atoms with Crippen molar-refractivity contribution in [2.75, 3.05) is 26.2 Å². The Balaban J connectivity index is 1.63. The molecule has 0 aromatic rings. The number of aliphatic hydroxyl groups is 1. The maximum atomic E-state index is 10.6. The molecule has 3 heterocycles. The zero-order valence-corrected chi connectivity index (χ0v) is 16.6. The molecule has 1 fully saturated rings. The Bertz CT molecular complexity index is 715. The number of nitrogens with one attached hydrogen (secondary N) is 1. The second-order valence-electron chi connectivity index (χ2n) is 8.63. The van der Waals surface area contributed by atoms with Crippen LogP contribution in [0.3, 0.4) is 0 Å². The van der Waals surface area contributed by atoms with Crippen LogP contribution in [0.5, 0.6) is 0 Å². The summed E-state index contributed by atoms with van der Waals surface area (Å²) in [6.07, 6.45) is 17.4. The molecule has 0 aromatic carbocycles. The van der Waals surface area contributed by atoms with E-state index in [0.29, 0.717) is 6.61 Å². The lowest BCUT2D eigenvalue weighted by atomic mass is 9.78. The van der Waals surface area contributed by atoms with E-state index in [0.717, 1.165) is 25.1 Å². The van der Waals surface area contributed by atoms with E-state index >= 15 is 0 Å². The smallest absolute Gasteiger partial charge is 0.122 e. The molecule has 146 valence electrons. The van der Waals surface area contributed by atoms with Crippen molar-refractivity contribution in [3.8, 4) is 0 Å². The number of ether oxygens (including phenoxy) is 1. The molecule has 0 spiro atoms. The van der Waals surface area contributed by atoms with Crippen LogP contribution in [0.15, 0.2) is 59.1 Å². The summed E-state index contributed by atoms with van der Waals surface area (Å²) >= 11 is 0. The largest absolute Gasteiger partial charge is 0.491 e. The summed E-state index contributed by atoms with van der Waals surface area (Å²) in [7, 11) is 0. The Morgan fingerprint density at radius 1 is 1.33 bits per heavy atom. The Labute approximate surface area is 163 Å². The molecule has 1 aliphatic carbocycles. The van der Waals surface area contributed by atoms with E-state index in [9.17, 15) is 5.11 Å². The molecule has 0 radical (unpaired) electrons. The molecule has 2 unspecified atom stereocenters. The SMILES string of the molecule is CC(C)(O)C1C=CC2=C(C1)/C(=C/CCN1CCCC1)C1=CC=CNC1CO2. The van der Waals surface area contributed by atoms with E-state index in [4.69, 9.17) is 4.74 Å². The molecule has 4 rings (SSSR count). The lowest BCUT2D eigenvalue weighted by Gasteiger charge is -2.31. The first-order valence-corrected chi connectivity index (χ1v) is 10.3. The Morgan fingerprint density at radius 3 is 2.93 bits per heavy atom. The minimum Gasteiger partial charge on any atom is -0.491 e. The van der Waals surface area contributed by atoms with Crippen molar-refractivity contribution in [2.45, 2.75) is 51.2 Å². The van der Waals surface area contributed by atoms with E-state index in [2.05, 4.69) is 40.6 Å². The van der Waals surface area contributed by atoms with Gasteiger partial charge in [-0.15, -0.1) is 0 Å². The predicted octanol–water partition coefficient (Wildman–Crippen LogP) is 3.44. The van der Waals surface area contributed by atoms with Gasteiger partial charge in [0.25, 0.3) is 0 Å². The van der Waals surface area contributed by atoms with Gasteiger partial charge in [-0.05, 0) is 82.1 Å². The van der Waals surface area contributed by atoms with Crippen LogP contribution in [0.25, 0.3) is 0 Å². The van der Waals surface area contributed by atoms with Crippen molar-refractivity contribution in [1.82, 2.24) is 10.2 Å². The minimum absolute atomic E-state index is 0.103. The van der Waals surface area contributed by atoms with Gasteiger partial charge in [-0.25, -0.2) is 0 Å². The summed E-state index contributed by atoms with van der Waals surface area (Å²) in [5.74, 6) is 1.08. The molecule has 4 aliphatic rings. The number of hydrogen-bond acceptors (Lipinski definition) is 4. The van der Waals surface area contributed by atoms with Gasteiger partial charge in [0.15, 0.2) is 0 Å². The van der Waals surface area contributed by atoms with Crippen molar-refractivity contribution in [1.29, 1.82) is 0 Å². The third kappa shape index (κ3) is 4.07. The minimum atomic E-state index is -0.736. The molecule has 0 bridgehead atoms. The maximum absolute atomic E-state index is 10.6. The highest BCUT2D eigenvalue weighted by molar-refractivity contribution is 5.56. The molecule has 2 atom stereocenters. The predicted molar refractivity (Wildman–Crippen MR) is 109 cm³/mol. The topological polar surface area (TPSA) is 44.7 Å². The second kappa shape index (κ2) is 7.69. The monoisotopic (exact) mass is 368 g/mol. The van der Waals surface area contributed by atoms with Gasteiger partial charge >= 0.3 is 0 Å². The molecule has 4 nitrogen and oxygen atoms in total. The molecule has 3 aliphatic heterocycles. The zero-order chi connectivity index (χ0) is 18.9. The number of fused-ring (bicyclic) bond motifs is 1. The Morgan fingerprint density at radius 2 is 2.15 bits per heavy atom. The summed E-state index contributed by atoms with van der Waals surface area (Å²) in [5.41, 5.74) is 3.13. The van der Waals surface area contributed by atoms with Crippen LogP contribution in [-0.2, 0) is 4.74 Å². The van der Waals surface area contributed by atoms with Crippen LogP contribution in [0, 0.1) is 5.92 Å². The van der Waals surface area contributed by atoms with Gasteiger partial charge < -0.3 is 20.1 Å². The van der Waals surface area contributed by atoms with Crippen LogP contribution in [0.2, 0.25) is 0 Å². The van der Waals surface area contributed by atoms with Crippen LogP contribution >= 0.6 is 0 Å². The quantitative estimate of drug-likeness (QED) is 0.798. The summed E-state index contributed by atoms with van der Waals surface area (Å²) < 4.78 is 6.17. The number of nitrogens with zero attached hydrogens (tertiary/aromatic N) is 1. The molecule has 1 saturated heterocycles. The number of hydrogen-bond donors (Lipinski definition) is 2. The second-order valence-corrected chi connectivity index (χ2v) is 8.63. The third-order valence-corrected chi connectivity index (χ3v) is 6.19. The van der Waals surface area contributed by atoms with Crippen molar-refractivity contribution < 1.29 is 9.84 Å². The highest BCUT2D eigenvalue weighted by Crippen LogP contribution is 2.40. The Kier molecular flexibility index (Phi) is 5.29.